The summed E-state index contributed by atoms with van der Waals surface area (Å²) in [5.74, 6) is 0.323. The van der Waals surface area contributed by atoms with Crippen LogP contribution in [0.25, 0.3) is 0 Å². The lowest BCUT2D eigenvalue weighted by molar-refractivity contribution is 0.482. The number of rotatable bonds is 3. The van der Waals surface area contributed by atoms with Crippen molar-refractivity contribution in [2.75, 3.05) is 0 Å². The Balaban J connectivity index is 2.19. The van der Waals surface area contributed by atoms with Crippen LogP contribution in [0.2, 0.25) is 0 Å². The van der Waals surface area contributed by atoms with Crippen molar-refractivity contribution in [2.45, 2.75) is 29.4 Å². The lowest BCUT2D eigenvalue weighted by Crippen LogP contribution is -2.43. The van der Waals surface area contributed by atoms with Gasteiger partial charge in [0, 0.05) is 5.92 Å². The van der Waals surface area contributed by atoms with Crippen molar-refractivity contribution in [1.82, 2.24) is 0 Å². The largest absolute Gasteiger partial charge is 0.223 e. The first kappa shape index (κ1) is 12.7. The fourth-order valence-electron chi connectivity index (χ4n) is 3.72. The highest BCUT2D eigenvalue weighted by molar-refractivity contribution is 7.93. The Hall–Kier alpha value is -1.35. The van der Waals surface area contributed by atoms with E-state index in [9.17, 15) is 8.42 Å². The average molecular weight is 274 g/mol. The Morgan fingerprint density at radius 1 is 1.26 bits per heavy atom. The van der Waals surface area contributed by atoms with Crippen LogP contribution in [0.5, 0.6) is 0 Å². The molecule has 3 heteroatoms. The molecule has 3 rings (SSSR count). The number of allylic oxidation sites excluding steroid dienone is 2. The molecule has 1 saturated carbocycles. The van der Waals surface area contributed by atoms with Gasteiger partial charge in [0.05, 0.1) is 4.90 Å². The van der Waals surface area contributed by atoms with Crippen LogP contribution in [0, 0.1) is 11.8 Å². The number of hydrogen-bond acceptors (Lipinski definition) is 2. The van der Waals surface area contributed by atoms with E-state index in [-0.39, 0.29) is 11.8 Å². The molecule has 0 amide bonds. The van der Waals surface area contributed by atoms with Crippen LogP contribution in [-0.4, -0.2) is 13.2 Å². The molecule has 2 aliphatic carbocycles. The summed E-state index contributed by atoms with van der Waals surface area (Å²) >= 11 is 0. The van der Waals surface area contributed by atoms with Crippen LogP contribution < -0.4 is 0 Å². The third-order valence-corrected chi connectivity index (χ3v) is 7.44. The third-order valence-electron chi connectivity index (χ3n) is 4.73. The Morgan fingerprint density at radius 3 is 2.47 bits per heavy atom. The minimum Gasteiger partial charge on any atom is -0.223 e. The highest BCUT2D eigenvalue weighted by atomic mass is 32.2. The third kappa shape index (κ3) is 1.45. The molecule has 0 radical (unpaired) electrons. The molecule has 0 heterocycles. The molecule has 100 valence electrons. The average Bonchev–Trinajstić information content (AvgIpc) is 3.00. The minimum absolute atomic E-state index is 0.0835. The zero-order valence-electron chi connectivity index (χ0n) is 11.0. The first-order valence-electron chi connectivity index (χ1n) is 6.71. The van der Waals surface area contributed by atoms with Gasteiger partial charge in [0.1, 0.15) is 4.75 Å². The molecule has 19 heavy (non-hydrogen) atoms. The van der Waals surface area contributed by atoms with Gasteiger partial charge >= 0.3 is 0 Å². The smallest absolute Gasteiger partial charge is 0.188 e. The van der Waals surface area contributed by atoms with Gasteiger partial charge in [-0.3, -0.25) is 0 Å². The zero-order valence-corrected chi connectivity index (χ0v) is 11.9. The van der Waals surface area contributed by atoms with Gasteiger partial charge in [0.25, 0.3) is 0 Å². The van der Waals surface area contributed by atoms with E-state index in [0.29, 0.717) is 11.3 Å². The summed E-state index contributed by atoms with van der Waals surface area (Å²) in [4.78, 5) is 0.416. The summed E-state index contributed by atoms with van der Waals surface area (Å²) in [5, 5.41) is 0. The van der Waals surface area contributed by atoms with E-state index in [2.05, 4.69) is 18.7 Å². The lowest BCUT2D eigenvalue weighted by Gasteiger charge is -2.35. The van der Waals surface area contributed by atoms with Crippen LogP contribution >= 0.6 is 0 Å². The summed E-state index contributed by atoms with van der Waals surface area (Å²) in [5.41, 5.74) is 0.881. The second-order valence-electron chi connectivity index (χ2n) is 5.42. The van der Waals surface area contributed by atoms with E-state index in [0.717, 1.165) is 12.0 Å². The van der Waals surface area contributed by atoms with Gasteiger partial charge in [0.15, 0.2) is 9.84 Å². The summed E-state index contributed by atoms with van der Waals surface area (Å²) in [6, 6.07) is 8.78. The molecule has 2 bridgehead atoms. The Morgan fingerprint density at radius 2 is 1.95 bits per heavy atom. The molecule has 1 aromatic carbocycles. The normalized spacial score (nSPS) is 33.0. The molecule has 2 nitrogen and oxygen atoms in total. The van der Waals surface area contributed by atoms with Crippen LogP contribution in [0.4, 0.5) is 0 Å². The van der Waals surface area contributed by atoms with Gasteiger partial charge in [0.2, 0.25) is 0 Å². The van der Waals surface area contributed by atoms with Crippen LogP contribution in [0.3, 0.4) is 0 Å². The maximum atomic E-state index is 13.1. The molecule has 1 aromatic rings. The lowest BCUT2D eigenvalue weighted by atomic mass is 9.86. The maximum Gasteiger partial charge on any atom is 0.188 e. The molecule has 0 N–H and O–H groups in total. The molecule has 0 saturated heterocycles. The van der Waals surface area contributed by atoms with Gasteiger partial charge < -0.3 is 0 Å². The van der Waals surface area contributed by atoms with Gasteiger partial charge in [-0.05, 0) is 36.5 Å². The minimum atomic E-state index is -3.38. The first-order chi connectivity index (χ1) is 9.04. The van der Waals surface area contributed by atoms with Crippen molar-refractivity contribution < 1.29 is 8.42 Å². The maximum absolute atomic E-state index is 13.1. The first-order valence-corrected chi connectivity index (χ1v) is 8.19. The van der Waals surface area contributed by atoms with Crippen LogP contribution in [0.15, 0.2) is 59.5 Å². The molecular formula is C16H18O2S. The van der Waals surface area contributed by atoms with E-state index in [4.69, 9.17) is 0 Å². The van der Waals surface area contributed by atoms with Crippen molar-refractivity contribution in [1.29, 1.82) is 0 Å². The molecule has 2 aliphatic rings. The molecule has 0 aromatic heterocycles. The number of benzene rings is 1. The van der Waals surface area contributed by atoms with Gasteiger partial charge in [-0.25, -0.2) is 8.42 Å². The van der Waals surface area contributed by atoms with Crippen LogP contribution in [0.1, 0.15) is 19.8 Å². The van der Waals surface area contributed by atoms with Crippen molar-refractivity contribution in [2.24, 2.45) is 11.8 Å². The van der Waals surface area contributed by atoms with Crippen molar-refractivity contribution in [3.63, 3.8) is 0 Å². The van der Waals surface area contributed by atoms with E-state index in [1.54, 1.807) is 24.3 Å². The second kappa shape index (κ2) is 4.07. The molecular weight excluding hydrogens is 256 g/mol. The topological polar surface area (TPSA) is 34.1 Å². The van der Waals surface area contributed by atoms with E-state index < -0.39 is 14.6 Å². The number of sulfone groups is 1. The molecule has 3 atom stereocenters. The molecule has 0 spiro atoms. The summed E-state index contributed by atoms with van der Waals surface area (Å²) in [7, 11) is -3.38. The Labute approximate surface area is 114 Å². The number of fused-ring (bicyclic) bond motifs is 2. The quantitative estimate of drug-likeness (QED) is 0.792. The SMILES string of the molecule is C=C1[C@H]2C=C[C@H](C2)[C@]1(CC)S(=O)(=O)c1ccccc1. The van der Waals surface area contributed by atoms with Gasteiger partial charge in [-0.2, -0.15) is 0 Å². The van der Waals surface area contributed by atoms with E-state index in [1.807, 2.05) is 13.0 Å². The zero-order chi connectivity index (χ0) is 13.7. The van der Waals surface area contributed by atoms with Crippen LogP contribution in [-0.2, 0) is 9.84 Å². The van der Waals surface area contributed by atoms with E-state index >= 15 is 0 Å². The molecule has 0 unspecified atom stereocenters. The Kier molecular flexibility index (Phi) is 2.72. The summed E-state index contributed by atoms with van der Waals surface area (Å²) in [6.45, 7) is 6.08. The fraction of sp³-hybridized carbons (Fsp3) is 0.375. The summed E-state index contributed by atoms with van der Waals surface area (Å²) in [6.07, 6.45) is 5.68. The highest BCUT2D eigenvalue weighted by Gasteiger charge is 2.58. The van der Waals surface area contributed by atoms with Crippen molar-refractivity contribution >= 4 is 9.84 Å². The van der Waals surface area contributed by atoms with Gasteiger partial charge in [-0.15, -0.1) is 0 Å². The monoisotopic (exact) mass is 274 g/mol. The predicted octanol–water partition coefficient (Wildman–Crippen LogP) is 3.37. The highest BCUT2D eigenvalue weighted by Crippen LogP contribution is 2.56. The predicted molar refractivity (Wildman–Crippen MR) is 76.5 cm³/mol. The molecule has 1 fully saturated rings. The standard InChI is InChI=1S/C16H18O2S/c1-3-16(12(2)13-9-10-14(16)11-13)19(17,18)15-7-5-4-6-8-15/h4-10,13-14H,2-3,11H2,1H3/t13-,14+,16+/m0/s1. The number of hydrogen-bond donors (Lipinski definition) is 0. The Bertz CT molecular complexity index is 643. The van der Waals surface area contributed by atoms with Gasteiger partial charge in [-0.1, -0.05) is 43.9 Å². The van der Waals surface area contributed by atoms with Crippen molar-refractivity contribution in [3.05, 3.63) is 54.6 Å². The van der Waals surface area contributed by atoms with Crippen molar-refractivity contribution in [3.8, 4) is 0 Å². The summed E-state index contributed by atoms with van der Waals surface area (Å²) < 4.78 is 25.4. The fourth-order valence-corrected chi connectivity index (χ4v) is 6.10. The molecule has 0 aliphatic heterocycles. The van der Waals surface area contributed by atoms with E-state index in [1.165, 1.54) is 0 Å². The second-order valence-corrected chi connectivity index (χ2v) is 7.63.